The topological polar surface area (TPSA) is 67.4 Å². The highest BCUT2D eigenvalue weighted by Crippen LogP contribution is 2.34. The number of amides is 1. The summed E-state index contributed by atoms with van der Waals surface area (Å²) in [5, 5.41) is 6.28. The predicted molar refractivity (Wildman–Crippen MR) is 72.1 cm³/mol. The molecule has 1 unspecified atom stereocenters. The van der Waals surface area contributed by atoms with Crippen LogP contribution in [0.5, 0.6) is 0 Å². The second-order valence-corrected chi connectivity index (χ2v) is 5.35. The third-order valence-electron chi connectivity index (χ3n) is 3.05. The first kappa shape index (κ1) is 13.8. The number of esters is 1. The van der Waals surface area contributed by atoms with E-state index in [1.807, 2.05) is 0 Å². The number of carbonyl (C=O) groups is 2. The zero-order valence-electron chi connectivity index (χ0n) is 10.9. The molecule has 1 aromatic carbocycles. The molecule has 1 aliphatic heterocycles. The summed E-state index contributed by atoms with van der Waals surface area (Å²) in [5.74, 6) is -0.648. The monoisotopic (exact) mass is 282 g/mol. The number of halogens is 1. The molecule has 5 nitrogen and oxygen atoms in total. The van der Waals surface area contributed by atoms with Gasteiger partial charge in [0.05, 0.1) is 7.11 Å². The lowest BCUT2D eigenvalue weighted by Crippen LogP contribution is -2.50. The van der Waals surface area contributed by atoms with Crippen LogP contribution in [0.25, 0.3) is 0 Å². The molecule has 0 radical (unpaired) electrons. The van der Waals surface area contributed by atoms with E-state index in [0.717, 1.165) is 5.56 Å². The molecular weight excluding hydrogens is 268 g/mol. The molecule has 0 saturated carbocycles. The first-order valence-electron chi connectivity index (χ1n) is 5.81. The van der Waals surface area contributed by atoms with Gasteiger partial charge in [-0.1, -0.05) is 11.6 Å². The molecule has 0 saturated heterocycles. The molecule has 0 aromatic heterocycles. The van der Waals surface area contributed by atoms with Gasteiger partial charge < -0.3 is 10.1 Å². The molecule has 0 fully saturated rings. The van der Waals surface area contributed by atoms with Gasteiger partial charge in [0.15, 0.2) is 0 Å². The number of hydrogen-bond acceptors (Lipinski definition) is 4. The van der Waals surface area contributed by atoms with Crippen LogP contribution in [0, 0.1) is 0 Å². The highest BCUT2D eigenvalue weighted by atomic mass is 35.5. The predicted octanol–water partition coefficient (Wildman–Crippen LogP) is 1.87. The van der Waals surface area contributed by atoms with Gasteiger partial charge in [-0.3, -0.25) is 14.9 Å². The molecule has 1 aliphatic rings. The molecule has 0 bridgehead atoms. The molecule has 1 aromatic rings. The van der Waals surface area contributed by atoms with E-state index >= 15 is 0 Å². The minimum atomic E-state index is -0.972. The number of anilines is 1. The van der Waals surface area contributed by atoms with Crippen molar-refractivity contribution in [2.45, 2.75) is 25.4 Å². The molecule has 0 aliphatic carbocycles. The zero-order valence-corrected chi connectivity index (χ0v) is 11.7. The molecular formula is C13H15ClN2O3. The number of rotatable bonds is 3. The van der Waals surface area contributed by atoms with Gasteiger partial charge in [-0.25, -0.2) is 0 Å². The third kappa shape index (κ3) is 2.57. The molecule has 2 rings (SSSR count). The van der Waals surface area contributed by atoms with E-state index in [1.54, 1.807) is 32.0 Å². The average molecular weight is 283 g/mol. The number of fused-ring (bicyclic) bond motifs is 1. The Morgan fingerprint density at radius 1 is 1.47 bits per heavy atom. The van der Waals surface area contributed by atoms with Gasteiger partial charge in [0.1, 0.15) is 11.6 Å². The van der Waals surface area contributed by atoms with Gasteiger partial charge in [-0.05, 0) is 32.0 Å². The summed E-state index contributed by atoms with van der Waals surface area (Å²) in [7, 11) is 1.31. The van der Waals surface area contributed by atoms with E-state index in [4.69, 9.17) is 16.3 Å². The summed E-state index contributed by atoms with van der Waals surface area (Å²) in [6.45, 7) is 3.32. The van der Waals surface area contributed by atoms with Gasteiger partial charge in [0.2, 0.25) is 5.91 Å². The van der Waals surface area contributed by atoms with Crippen molar-refractivity contribution in [3.63, 3.8) is 0 Å². The van der Waals surface area contributed by atoms with Crippen molar-refractivity contribution in [3.05, 3.63) is 28.8 Å². The van der Waals surface area contributed by atoms with Crippen LogP contribution in [0.1, 0.15) is 25.5 Å². The van der Waals surface area contributed by atoms with Crippen molar-refractivity contribution in [2.24, 2.45) is 0 Å². The Balaban J connectivity index is 2.30. The molecule has 0 spiro atoms. The number of nitrogens with one attached hydrogen (secondary N) is 2. The third-order valence-corrected chi connectivity index (χ3v) is 3.28. The maximum Gasteiger partial charge on any atom is 0.325 e. The first-order chi connectivity index (χ1) is 8.85. The maximum atomic E-state index is 12.0. The second kappa shape index (κ2) is 4.83. The van der Waals surface area contributed by atoms with Crippen LogP contribution >= 0.6 is 11.6 Å². The van der Waals surface area contributed by atoms with E-state index < -0.39 is 17.6 Å². The molecule has 19 heavy (non-hydrogen) atoms. The van der Waals surface area contributed by atoms with Crippen LogP contribution in [-0.4, -0.2) is 24.5 Å². The smallest absolute Gasteiger partial charge is 0.325 e. The summed E-state index contributed by atoms with van der Waals surface area (Å²) >= 11 is 5.94. The van der Waals surface area contributed by atoms with E-state index in [2.05, 4.69) is 10.6 Å². The van der Waals surface area contributed by atoms with Crippen LogP contribution in [0.4, 0.5) is 5.69 Å². The molecule has 2 N–H and O–H groups in total. The van der Waals surface area contributed by atoms with Crippen molar-refractivity contribution in [2.75, 3.05) is 12.4 Å². The molecule has 102 valence electrons. The van der Waals surface area contributed by atoms with Gasteiger partial charge >= 0.3 is 5.97 Å². The minimum absolute atomic E-state index is 0.214. The van der Waals surface area contributed by atoms with E-state index in [9.17, 15) is 9.59 Å². The lowest BCUT2D eigenvalue weighted by molar-refractivity contribution is -0.147. The van der Waals surface area contributed by atoms with Crippen molar-refractivity contribution in [1.29, 1.82) is 0 Å². The zero-order chi connectivity index (χ0) is 14.2. The van der Waals surface area contributed by atoms with E-state index in [0.29, 0.717) is 10.7 Å². The average Bonchev–Trinajstić information content (AvgIpc) is 2.64. The van der Waals surface area contributed by atoms with Crippen LogP contribution < -0.4 is 10.6 Å². The van der Waals surface area contributed by atoms with Crippen molar-refractivity contribution in [1.82, 2.24) is 5.32 Å². The summed E-state index contributed by atoms with van der Waals surface area (Å²) in [6, 6.07) is 4.53. The van der Waals surface area contributed by atoms with Crippen LogP contribution in [0.2, 0.25) is 5.02 Å². The highest BCUT2D eigenvalue weighted by molar-refractivity contribution is 6.31. The molecule has 1 amide bonds. The summed E-state index contributed by atoms with van der Waals surface area (Å²) in [5.41, 5.74) is 0.461. The summed E-state index contributed by atoms with van der Waals surface area (Å²) < 4.78 is 4.71. The van der Waals surface area contributed by atoms with Crippen molar-refractivity contribution >= 4 is 29.2 Å². The quantitative estimate of drug-likeness (QED) is 0.831. The summed E-state index contributed by atoms with van der Waals surface area (Å²) in [6.07, 6.45) is 0. The molecule has 1 atom stereocenters. The number of benzene rings is 1. The SMILES string of the molecule is COC(=O)C(C)(C)NC1C(=O)Nc2ccc(Cl)cc21. The van der Waals surface area contributed by atoms with Crippen LogP contribution in [0.3, 0.4) is 0 Å². The van der Waals surface area contributed by atoms with Crippen molar-refractivity contribution < 1.29 is 14.3 Å². The Hall–Kier alpha value is -1.59. The Morgan fingerprint density at radius 3 is 2.79 bits per heavy atom. The van der Waals surface area contributed by atoms with Crippen molar-refractivity contribution in [3.8, 4) is 0 Å². The fraction of sp³-hybridized carbons (Fsp3) is 0.385. The number of ether oxygens (including phenoxy) is 1. The Morgan fingerprint density at radius 2 is 2.16 bits per heavy atom. The highest BCUT2D eigenvalue weighted by Gasteiger charge is 2.38. The minimum Gasteiger partial charge on any atom is -0.468 e. The maximum absolute atomic E-state index is 12.0. The van der Waals surface area contributed by atoms with Gasteiger partial charge in [-0.2, -0.15) is 0 Å². The lowest BCUT2D eigenvalue weighted by Gasteiger charge is -2.26. The largest absolute Gasteiger partial charge is 0.468 e. The van der Waals surface area contributed by atoms with Gasteiger partial charge in [-0.15, -0.1) is 0 Å². The Bertz CT molecular complexity index is 543. The Labute approximate surface area is 116 Å². The van der Waals surface area contributed by atoms with E-state index in [1.165, 1.54) is 7.11 Å². The van der Waals surface area contributed by atoms with Crippen LogP contribution in [-0.2, 0) is 14.3 Å². The number of hydrogen-bond donors (Lipinski definition) is 2. The second-order valence-electron chi connectivity index (χ2n) is 4.91. The molecule has 6 heteroatoms. The van der Waals surface area contributed by atoms with Gasteiger partial charge in [0.25, 0.3) is 0 Å². The fourth-order valence-electron chi connectivity index (χ4n) is 2.05. The normalized spacial score (nSPS) is 17.9. The molecule has 1 heterocycles. The number of carbonyl (C=O) groups excluding carboxylic acids is 2. The van der Waals surface area contributed by atoms with Gasteiger partial charge in [0, 0.05) is 16.3 Å². The fourth-order valence-corrected chi connectivity index (χ4v) is 2.23. The number of methoxy groups -OCH3 is 1. The standard InChI is InChI=1S/C13H15ClN2O3/c1-13(2,12(18)19-3)16-10-8-6-7(14)4-5-9(8)15-11(10)17/h4-6,10,16H,1-3H3,(H,15,17). The lowest BCUT2D eigenvalue weighted by atomic mass is 10.0. The summed E-state index contributed by atoms with van der Waals surface area (Å²) in [4.78, 5) is 23.6. The van der Waals surface area contributed by atoms with Crippen LogP contribution in [0.15, 0.2) is 18.2 Å². The van der Waals surface area contributed by atoms with E-state index in [-0.39, 0.29) is 5.91 Å². The Kier molecular flexibility index (Phi) is 3.52. The first-order valence-corrected chi connectivity index (χ1v) is 6.19.